The molecular weight excluding hydrogens is 253 g/mol. The fraction of sp³-hybridized carbons (Fsp3) is 0.300. The van der Waals surface area contributed by atoms with Gasteiger partial charge in [0.25, 0.3) is 0 Å². The number of hydrogen-bond donors (Lipinski definition) is 1. The summed E-state index contributed by atoms with van der Waals surface area (Å²) in [7, 11) is 0. The Labute approximate surface area is 99.3 Å². The molecule has 0 bridgehead atoms. The molecule has 2 heterocycles. The zero-order valence-electron chi connectivity index (χ0n) is 8.62. The Hall–Kier alpha value is -1.34. The highest BCUT2D eigenvalue weighted by Crippen LogP contribution is 2.23. The zero-order chi connectivity index (χ0) is 12.3. The molecule has 0 aliphatic heterocycles. The van der Waals surface area contributed by atoms with E-state index in [0.717, 1.165) is 0 Å². The molecule has 17 heavy (non-hydrogen) atoms. The number of halogens is 3. The highest BCUT2D eigenvalue weighted by molar-refractivity contribution is 7.13. The number of rotatable bonds is 4. The smallest absolute Gasteiger partial charge is 0.401 e. The van der Waals surface area contributed by atoms with Crippen LogP contribution in [0.2, 0.25) is 0 Å². The lowest BCUT2D eigenvalue weighted by Gasteiger charge is -2.06. The lowest BCUT2D eigenvalue weighted by atomic mass is 10.4. The van der Waals surface area contributed by atoms with Crippen molar-refractivity contribution in [3.8, 4) is 10.8 Å². The molecule has 0 fully saturated rings. The van der Waals surface area contributed by atoms with E-state index in [1.54, 1.807) is 17.5 Å². The lowest BCUT2D eigenvalue weighted by molar-refractivity contribution is -0.125. The molecule has 0 radical (unpaired) electrons. The van der Waals surface area contributed by atoms with Crippen LogP contribution in [0.25, 0.3) is 10.8 Å². The van der Waals surface area contributed by atoms with E-state index in [4.69, 9.17) is 4.42 Å². The van der Waals surface area contributed by atoms with Crippen LogP contribution in [0.15, 0.2) is 28.2 Å². The summed E-state index contributed by atoms with van der Waals surface area (Å²) in [6.07, 6.45) is -2.67. The number of hydrogen-bond acceptors (Lipinski definition) is 4. The minimum atomic E-state index is -4.19. The van der Waals surface area contributed by atoms with Gasteiger partial charge in [-0.15, -0.1) is 11.3 Å². The standard InChI is InChI=1S/C10H9F3N2OS/c11-10(12,13)6-14-4-7-5-17-9(15-7)8-2-1-3-16-8/h1-3,5,14H,4,6H2. The molecule has 0 atom stereocenters. The third-order valence-electron chi connectivity index (χ3n) is 1.92. The Morgan fingerprint density at radius 3 is 2.88 bits per heavy atom. The van der Waals surface area contributed by atoms with E-state index in [2.05, 4.69) is 10.3 Å². The Kier molecular flexibility index (Phi) is 3.49. The molecule has 0 amide bonds. The van der Waals surface area contributed by atoms with Crippen molar-refractivity contribution in [1.82, 2.24) is 10.3 Å². The molecule has 0 aliphatic carbocycles. The third-order valence-corrected chi connectivity index (χ3v) is 2.82. The second-order valence-corrected chi connectivity index (χ2v) is 4.20. The molecular formula is C10H9F3N2OS. The van der Waals surface area contributed by atoms with Gasteiger partial charge in [-0.3, -0.25) is 0 Å². The SMILES string of the molecule is FC(F)(F)CNCc1csc(-c2ccco2)n1. The highest BCUT2D eigenvalue weighted by atomic mass is 32.1. The maximum atomic E-state index is 11.9. The molecule has 0 unspecified atom stereocenters. The van der Waals surface area contributed by atoms with Crippen LogP contribution >= 0.6 is 11.3 Å². The predicted octanol–water partition coefficient (Wildman–Crippen LogP) is 3.06. The Balaban J connectivity index is 1.91. The van der Waals surface area contributed by atoms with Crippen LogP contribution in [0.5, 0.6) is 0 Å². The van der Waals surface area contributed by atoms with Crippen molar-refractivity contribution < 1.29 is 17.6 Å². The summed E-state index contributed by atoms with van der Waals surface area (Å²) < 4.78 is 40.8. The Morgan fingerprint density at radius 2 is 2.24 bits per heavy atom. The molecule has 2 rings (SSSR count). The quantitative estimate of drug-likeness (QED) is 0.920. The van der Waals surface area contributed by atoms with Crippen LogP contribution < -0.4 is 5.32 Å². The van der Waals surface area contributed by atoms with Crippen LogP contribution in [0.3, 0.4) is 0 Å². The number of furan rings is 1. The van der Waals surface area contributed by atoms with E-state index in [9.17, 15) is 13.2 Å². The third kappa shape index (κ3) is 3.57. The van der Waals surface area contributed by atoms with Crippen LogP contribution in [0, 0.1) is 0 Å². The van der Waals surface area contributed by atoms with E-state index in [1.165, 1.54) is 17.6 Å². The van der Waals surface area contributed by atoms with Gasteiger partial charge >= 0.3 is 6.18 Å². The van der Waals surface area contributed by atoms with E-state index in [-0.39, 0.29) is 6.54 Å². The average molecular weight is 262 g/mol. The number of thiazole rings is 1. The normalized spacial score (nSPS) is 11.9. The van der Waals surface area contributed by atoms with Gasteiger partial charge in [0.05, 0.1) is 18.5 Å². The van der Waals surface area contributed by atoms with E-state index >= 15 is 0 Å². The molecule has 0 saturated carbocycles. The largest absolute Gasteiger partial charge is 0.462 e. The maximum absolute atomic E-state index is 11.9. The first-order valence-corrected chi connectivity index (χ1v) is 5.68. The highest BCUT2D eigenvalue weighted by Gasteiger charge is 2.26. The molecule has 3 nitrogen and oxygen atoms in total. The van der Waals surface area contributed by atoms with Gasteiger partial charge in [0, 0.05) is 11.9 Å². The van der Waals surface area contributed by atoms with Gasteiger partial charge in [0.2, 0.25) is 0 Å². The van der Waals surface area contributed by atoms with Gasteiger partial charge in [-0.05, 0) is 12.1 Å². The maximum Gasteiger partial charge on any atom is 0.401 e. The predicted molar refractivity (Wildman–Crippen MR) is 57.6 cm³/mol. The van der Waals surface area contributed by atoms with Crippen molar-refractivity contribution in [1.29, 1.82) is 0 Å². The van der Waals surface area contributed by atoms with Gasteiger partial charge in [-0.2, -0.15) is 13.2 Å². The molecule has 1 N–H and O–H groups in total. The number of nitrogens with one attached hydrogen (secondary N) is 1. The van der Waals surface area contributed by atoms with Crippen molar-refractivity contribution >= 4 is 11.3 Å². The van der Waals surface area contributed by atoms with Gasteiger partial charge < -0.3 is 9.73 Å². The number of nitrogens with zero attached hydrogens (tertiary/aromatic N) is 1. The topological polar surface area (TPSA) is 38.1 Å². The van der Waals surface area contributed by atoms with Crippen LogP contribution in [0.1, 0.15) is 5.69 Å². The number of aromatic nitrogens is 1. The van der Waals surface area contributed by atoms with Crippen molar-refractivity contribution in [2.45, 2.75) is 12.7 Å². The fourth-order valence-corrected chi connectivity index (χ4v) is 2.02. The zero-order valence-corrected chi connectivity index (χ0v) is 9.44. The van der Waals surface area contributed by atoms with Gasteiger partial charge in [0.1, 0.15) is 0 Å². The molecule has 2 aromatic heterocycles. The van der Waals surface area contributed by atoms with Crippen LogP contribution in [0.4, 0.5) is 13.2 Å². The van der Waals surface area contributed by atoms with Gasteiger partial charge in [-0.25, -0.2) is 4.98 Å². The van der Waals surface area contributed by atoms with Crippen LogP contribution in [-0.4, -0.2) is 17.7 Å². The summed E-state index contributed by atoms with van der Waals surface area (Å²) in [4.78, 5) is 4.17. The van der Waals surface area contributed by atoms with Crippen molar-refractivity contribution in [2.75, 3.05) is 6.54 Å². The van der Waals surface area contributed by atoms with Crippen molar-refractivity contribution in [3.05, 3.63) is 29.5 Å². The minimum absolute atomic E-state index is 0.0940. The summed E-state index contributed by atoms with van der Waals surface area (Å²) in [5, 5.41) is 4.66. The molecule has 0 aromatic carbocycles. The van der Waals surface area contributed by atoms with E-state index in [1.807, 2.05) is 0 Å². The summed E-state index contributed by atoms with van der Waals surface area (Å²) in [5.74, 6) is 0.622. The van der Waals surface area contributed by atoms with E-state index < -0.39 is 12.7 Å². The molecule has 0 aliphatic rings. The summed E-state index contributed by atoms with van der Waals surface area (Å²) in [6, 6.07) is 3.49. The molecule has 0 spiro atoms. The van der Waals surface area contributed by atoms with Crippen molar-refractivity contribution in [3.63, 3.8) is 0 Å². The van der Waals surface area contributed by atoms with E-state index in [0.29, 0.717) is 16.5 Å². The van der Waals surface area contributed by atoms with Crippen LogP contribution in [-0.2, 0) is 6.54 Å². The first-order chi connectivity index (χ1) is 8.04. The minimum Gasteiger partial charge on any atom is -0.462 e. The lowest BCUT2D eigenvalue weighted by Crippen LogP contribution is -2.28. The number of alkyl halides is 3. The average Bonchev–Trinajstić information content (AvgIpc) is 2.83. The monoisotopic (exact) mass is 262 g/mol. The molecule has 2 aromatic rings. The molecule has 92 valence electrons. The first-order valence-electron chi connectivity index (χ1n) is 4.80. The Morgan fingerprint density at radius 1 is 1.41 bits per heavy atom. The summed E-state index contributed by atoms with van der Waals surface area (Å²) >= 11 is 1.34. The summed E-state index contributed by atoms with van der Waals surface area (Å²) in [6.45, 7) is -0.919. The molecule has 0 saturated heterocycles. The van der Waals surface area contributed by atoms with Gasteiger partial charge in [-0.1, -0.05) is 0 Å². The van der Waals surface area contributed by atoms with Crippen molar-refractivity contribution in [2.24, 2.45) is 0 Å². The Bertz CT molecular complexity index is 464. The van der Waals surface area contributed by atoms with Gasteiger partial charge in [0.15, 0.2) is 10.8 Å². The second kappa shape index (κ2) is 4.89. The molecule has 7 heteroatoms. The summed E-state index contributed by atoms with van der Waals surface area (Å²) in [5.41, 5.74) is 0.575. The second-order valence-electron chi connectivity index (χ2n) is 3.34. The first kappa shape index (κ1) is 12.1. The fourth-order valence-electron chi connectivity index (χ4n) is 1.23.